The highest BCUT2D eigenvalue weighted by molar-refractivity contribution is 7.80. The Morgan fingerprint density at radius 2 is 1.71 bits per heavy atom. The van der Waals surface area contributed by atoms with Crippen molar-refractivity contribution in [3.8, 4) is 11.5 Å². The number of hydrogen-bond donors (Lipinski definition) is 2. The van der Waals surface area contributed by atoms with Gasteiger partial charge in [-0.3, -0.25) is 0 Å². The van der Waals surface area contributed by atoms with Gasteiger partial charge in [-0.2, -0.15) is 0 Å². The van der Waals surface area contributed by atoms with Crippen LogP contribution in [0.3, 0.4) is 0 Å². The smallest absolute Gasteiger partial charge is 0.178 e. The zero-order valence-electron chi connectivity index (χ0n) is 15.4. The van der Waals surface area contributed by atoms with Crippen LogP contribution in [0.4, 0.5) is 11.4 Å². The molecule has 0 unspecified atom stereocenters. The third kappa shape index (κ3) is 5.15. The van der Waals surface area contributed by atoms with Crippen LogP contribution in [0.1, 0.15) is 12.5 Å². The number of rotatable bonds is 6. The summed E-state index contributed by atoms with van der Waals surface area (Å²) in [5.74, 6) is 1.03. The molecule has 3 aromatic carbocycles. The Morgan fingerprint density at radius 3 is 2.36 bits per heavy atom. The minimum atomic E-state index is 0.229. The van der Waals surface area contributed by atoms with Gasteiger partial charge in [-0.15, -0.1) is 0 Å². The lowest BCUT2D eigenvalue weighted by Crippen LogP contribution is -2.34. The molecular weight excluding hydrogens is 392 g/mol. The van der Waals surface area contributed by atoms with Crippen LogP contribution in [0.25, 0.3) is 0 Å². The largest absolute Gasteiger partial charge is 0.508 e. The molecule has 6 heteroatoms. The van der Waals surface area contributed by atoms with E-state index in [2.05, 4.69) is 5.32 Å². The van der Waals surface area contributed by atoms with Gasteiger partial charge in [0, 0.05) is 22.0 Å². The van der Waals surface area contributed by atoms with Gasteiger partial charge < -0.3 is 20.1 Å². The molecule has 4 nitrogen and oxygen atoms in total. The first kappa shape index (κ1) is 20.0. The Hall–Kier alpha value is -2.76. The quantitative estimate of drug-likeness (QED) is 0.497. The molecule has 0 saturated carbocycles. The number of halogens is 1. The number of phenols is 1. The zero-order valence-corrected chi connectivity index (χ0v) is 17.0. The van der Waals surface area contributed by atoms with Crippen LogP contribution >= 0.6 is 23.8 Å². The molecule has 0 bridgehead atoms. The second-order valence-corrected chi connectivity index (χ2v) is 6.90. The number of benzene rings is 3. The van der Waals surface area contributed by atoms with Gasteiger partial charge in [-0.25, -0.2) is 0 Å². The number of hydrogen-bond acceptors (Lipinski definition) is 3. The molecule has 0 spiro atoms. The second kappa shape index (κ2) is 9.44. The molecule has 0 aliphatic rings. The minimum Gasteiger partial charge on any atom is -0.508 e. The molecular formula is C22H21ClN2O2S. The number of nitrogens with zero attached hydrogens (tertiary/aromatic N) is 1. The summed E-state index contributed by atoms with van der Waals surface area (Å²) in [5.41, 5.74) is 2.50. The maximum Gasteiger partial charge on any atom is 0.178 e. The van der Waals surface area contributed by atoms with Crippen LogP contribution in [0.5, 0.6) is 11.5 Å². The monoisotopic (exact) mass is 412 g/mol. The Bertz CT molecular complexity index is 930. The van der Waals surface area contributed by atoms with Gasteiger partial charge in [0.1, 0.15) is 11.5 Å². The summed E-state index contributed by atoms with van der Waals surface area (Å²) in [6.45, 7) is 2.97. The van der Waals surface area contributed by atoms with E-state index in [4.69, 9.17) is 28.6 Å². The van der Waals surface area contributed by atoms with Crippen molar-refractivity contribution in [1.82, 2.24) is 0 Å². The van der Waals surface area contributed by atoms with Crippen molar-refractivity contribution >= 4 is 40.3 Å². The third-order valence-electron chi connectivity index (χ3n) is 4.12. The van der Waals surface area contributed by atoms with Crippen molar-refractivity contribution in [1.29, 1.82) is 0 Å². The molecule has 0 fully saturated rings. The van der Waals surface area contributed by atoms with Crippen LogP contribution in [-0.4, -0.2) is 16.8 Å². The van der Waals surface area contributed by atoms with E-state index in [0.29, 0.717) is 23.3 Å². The first-order valence-corrected chi connectivity index (χ1v) is 9.69. The minimum absolute atomic E-state index is 0.229. The van der Waals surface area contributed by atoms with Crippen molar-refractivity contribution in [3.63, 3.8) is 0 Å². The Morgan fingerprint density at radius 1 is 1.04 bits per heavy atom. The third-order valence-corrected chi connectivity index (χ3v) is 4.69. The van der Waals surface area contributed by atoms with Crippen molar-refractivity contribution in [3.05, 3.63) is 83.4 Å². The van der Waals surface area contributed by atoms with E-state index in [1.165, 1.54) is 0 Å². The molecule has 3 aromatic rings. The van der Waals surface area contributed by atoms with E-state index < -0.39 is 0 Å². The van der Waals surface area contributed by atoms with Crippen LogP contribution in [-0.2, 0) is 6.54 Å². The second-order valence-electron chi connectivity index (χ2n) is 6.08. The fourth-order valence-corrected chi connectivity index (χ4v) is 3.12. The molecule has 0 aromatic heterocycles. The molecule has 0 saturated heterocycles. The Balaban J connectivity index is 1.87. The first-order valence-electron chi connectivity index (χ1n) is 8.90. The molecule has 0 aliphatic carbocycles. The highest BCUT2D eigenvalue weighted by Gasteiger charge is 2.15. The van der Waals surface area contributed by atoms with Gasteiger partial charge in [-0.05, 0) is 73.7 Å². The van der Waals surface area contributed by atoms with E-state index in [9.17, 15) is 5.11 Å². The number of phenolic OH excluding ortho intramolecular Hbond substituents is 1. The highest BCUT2D eigenvalue weighted by Crippen LogP contribution is 2.26. The van der Waals surface area contributed by atoms with E-state index >= 15 is 0 Å². The van der Waals surface area contributed by atoms with Gasteiger partial charge >= 0.3 is 0 Å². The molecule has 144 valence electrons. The number of thiocarbonyl (C=S) groups is 1. The summed E-state index contributed by atoms with van der Waals surface area (Å²) >= 11 is 11.6. The predicted molar refractivity (Wildman–Crippen MR) is 120 cm³/mol. The first-order chi connectivity index (χ1) is 13.6. The van der Waals surface area contributed by atoms with Crippen LogP contribution < -0.4 is 15.0 Å². The lowest BCUT2D eigenvalue weighted by molar-refractivity contribution is 0.340. The fourth-order valence-electron chi connectivity index (χ4n) is 2.71. The number of para-hydroxylation sites is 1. The predicted octanol–water partition coefficient (Wildman–Crippen LogP) is 5.85. The topological polar surface area (TPSA) is 44.7 Å². The average Bonchev–Trinajstić information content (AvgIpc) is 2.70. The Kier molecular flexibility index (Phi) is 6.74. The summed E-state index contributed by atoms with van der Waals surface area (Å²) in [6, 6.07) is 22.3. The van der Waals surface area contributed by atoms with Gasteiger partial charge in [0.05, 0.1) is 13.2 Å². The molecule has 2 N–H and O–H groups in total. The van der Waals surface area contributed by atoms with Gasteiger partial charge in [0.25, 0.3) is 0 Å². The van der Waals surface area contributed by atoms with Gasteiger partial charge in [0.15, 0.2) is 5.11 Å². The molecule has 28 heavy (non-hydrogen) atoms. The van der Waals surface area contributed by atoms with E-state index in [0.717, 1.165) is 22.7 Å². The lowest BCUT2D eigenvalue weighted by Gasteiger charge is -2.26. The number of ether oxygens (including phenoxy) is 1. The number of nitrogens with one attached hydrogen (secondary N) is 1. The SMILES string of the molecule is CCOc1ccc(N(Cc2ccccc2O)C(=S)Nc2ccc(Cl)cc2)cc1. The van der Waals surface area contributed by atoms with E-state index in [1.54, 1.807) is 24.3 Å². The molecule has 0 radical (unpaired) electrons. The van der Waals surface area contributed by atoms with Crippen molar-refractivity contribution in [2.45, 2.75) is 13.5 Å². The van der Waals surface area contributed by atoms with Crippen LogP contribution in [0.2, 0.25) is 5.02 Å². The summed E-state index contributed by atoms with van der Waals surface area (Å²) < 4.78 is 5.53. The van der Waals surface area contributed by atoms with Crippen molar-refractivity contribution in [2.24, 2.45) is 0 Å². The van der Waals surface area contributed by atoms with Crippen LogP contribution in [0, 0.1) is 0 Å². The average molecular weight is 413 g/mol. The molecule has 3 rings (SSSR count). The number of anilines is 2. The summed E-state index contributed by atoms with van der Waals surface area (Å²) in [4.78, 5) is 1.93. The van der Waals surface area contributed by atoms with E-state index in [1.807, 2.05) is 60.4 Å². The molecule has 0 atom stereocenters. The molecule has 0 aliphatic heterocycles. The van der Waals surface area contributed by atoms with E-state index in [-0.39, 0.29) is 5.75 Å². The van der Waals surface area contributed by atoms with Crippen LogP contribution in [0.15, 0.2) is 72.8 Å². The summed E-state index contributed by atoms with van der Waals surface area (Å²) in [6.07, 6.45) is 0. The van der Waals surface area contributed by atoms with Crippen molar-refractivity contribution in [2.75, 3.05) is 16.8 Å². The maximum absolute atomic E-state index is 10.2. The highest BCUT2D eigenvalue weighted by atomic mass is 35.5. The maximum atomic E-state index is 10.2. The lowest BCUT2D eigenvalue weighted by atomic mass is 10.1. The zero-order chi connectivity index (χ0) is 19.9. The fraction of sp³-hybridized carbons (Fsp3) is 0.136. The normalized spacial score (nSPS) is 10.4. The standard InChI is InChI=1S/C22H21ClN2O2S/c1-2-27-20-13-11-19(12-14-20)25(15-16-5-3-4-6-21(16)26)22(28)24-18-9-7-17(23)8-10-18/h3-14,26H,2,15H2,1H3,(H,24,28). The molecule has 0 heterocycles. The van der Waals surface area contributed by atoms with Crippen molar-refractivity contribution < 1.29 is 9.84 Å². The molecule has 0 amide bonds. The number of aromatic hydroxyl groups is 1. The summed E-state index contributed by atoms with van der Waals surface area (Å²) in [7, 11) is 0. The Labute approximate surface area is 175 Å². The summed E-state index contributed by atoms with van der Waals surface area (Å²) in [5, 5.41) is 14.6. The van der Waals surface area contributed by atoms with Gasteiger partial charge in [-0.1, -0.05) is 29.8 Å². The van der Waals surface area contributed by atoms with Gasteiger partial charge in [0.2, 0.25) is 0 Å².